The maximum Gasteiger partial charge on any atom is 0.490 e. The summed E-state index contributed by atoms with van der Waals surface area (Å²) in [7, 11) is 3.20. The normalized spacial score (nSPS) is 12.8. The predicted octanol–water partition coefficient (Wildman–Crippen LogP) is 3.35. The van der Waals surface area contributed by atoms with Crippen molar-refractivity contribution in [2.24, 2.45) is 0 Å². The van der Waals surface area contributed by atoms with E-state index in [1.807, 2.05) is 30.3 Å². The number of ether oxygens (including phenoxy) is 2. The Balaban J connectivity index is 0.000000604. The number of alkyl halides is 3. The minimum absolute atomic E-state index is 0.0186. The van der Waals surface area contributed by atoms with Crippen molar-refractivity contribution in [2.75, 3.05) is 33.9 Å². The van der Waals surface area contributed by atoms with Crippen LogP contribution < -0.4 is 20.1 Å². The first-order valence-corrected chi connectivity index (χ1v) is 11.7. The van der Waals surface area contributed by atoms with Crippen molar-refractivity contribution in [3.05, 3.63) is 58.7 Å². The summed E-state index contributed by atoms with van der Waals surface area (Å²) in [6, 6.07) is 11.7. The average molecular weight is 525 g/mol. The Bertz CT molecular complexity index is 1090. The summed E-state index contributed by atoms with van der Waals surface area (Å²) in [6.45, 7) is 2.42. The first-order valence-electron chi connectivity index (χ1n) is 11.7. The zero-order valence-electron chi connectivity index (χ0n) is 20.7. The van der Waals surface area contributed by atoms with Crippen molar-refractivity contribution < 1.29 is 42.1 Å². The minimum Gasteiger partial charge on any atom is -0.493 e. The maximum atomic E-state index is 12.5. The fourth-order valence-corrected chi connectivity index (χ4v) is 3.69. The summed E-state index contributed by atoms with van der Waals surface area (Å²) < 4.78 is 42.3. The van der Waals surface area contributed by atoms with Gasteiger partial charge in [-0.25, -0.2) is 4.79 Å². The van der Waals surface area contributed by atoms with Crippen LogP contribution in [-0.2, 0) is 28.9 Å². The molecule has 0 aromatic heterocycles. The molecule has 3 N–H and O–H groups in total. The van der Waals surface area contributed by atoms with Gasteiger partial charge in [-0.15, -0.1) is 0 Å². The lowest BCUT2D eigenvalue weighted by atomic mass is 9.97. The van der Waals surface area contributed by atoms with E-state index in [4.69, 9.17) is 19.4 Å². The lowest BCUT2D eigenvalue weighted by molar-refractivity contribution is -0.192. The highest BCUT2D eigenvalue weighted by Gasteiger charge is 2.38. The number of ketones is 1. The van der Waals surface area contributed by atoms with Gasteiger partial charge in [0.25, 0.3) is 0 Å². The second-order valence-electron chi connectivity index (χ2n) is 8.25. The van der Waals surface area contributed by atoms with Crippen LogP contribution in [-0.4, -0.2) is 62.8 Å². The van der Waals surface area contributed by atoms with Crippen LogP contribution in [0.5, 0.6) is 11.5 Å². The molecular weight excluding hydrogens is 493 g/mol. The number of rotatable bonds is 9. The van der Waals surface area contributed by atoms with Crippen molar-refractivity contribution >= 4 is 17.7 Å². The van der Waals surface area contributed by atoms with Gasteiger partial charge in [0.15, 0.2) is 17.3 Å². The van der Waals surface area contributed by atoms with E-state index in [1.54, 1.807) is 14.2 Å². The number of halogens is 3. The third-order valence-electron chi connectivity index (χ3n) is 5.68. The quantitative estimate of drug-likeness (QED) is 0.431. The molecule has 0 aliphatic carbocycles. The highest BCUT2D eigenvalue weighted by Crippen LogP contribution is 2.27. The summed E-state index contributed by atoms with van der Waals surface area (Å²) >= 11 is 0. The molecule has 1 aliphatic rings. The second kappa shape index (κ2) is 14.2. The number of methoxy groups -OCH3 is 2. The monoisotopic (exact) mass is 524 g/mol. The number of carbonyl (C=O) groups is 3. The molecule has 11 heteroatoms. The van der Waals surface area contributed by atoms with Crippen LogP contribution in [0.25, 0.3) is 0 Å². The molecular formula is C26H31F3N2O6. The Labute approximate surface area is 213 Å². The van der Waals surface area contributed by atoms with Gasteiger partial charge in [0.2, 0.25) is 5.91 Å². The van der Waals surface area contributed by atoms with E-state index in [1.165, 1.54) is 11.1 Å². The van der Waals surface area contributed by atoms with Crippen molar-refractivity contribution in [3.8, 4) is 11.5 Å². The maximum absolute atomic E-state index is 12.5. The van der Waals surface area contributed by atoms with Gasteiger partial charge in [-0.05, 0) is 67.2 Å². The van der Waals surface area contributed by atoms with Gasteiger partial charge in [0.1, 0.15) is 0 Å². The van der Waals surface area contributed by atoms with E-state index in [0.717, 1.165) is 31.5 Å². The third-order valence-corrected chi connectivity index (χ3v) is 5.68. The van der Waals surface area contributed by atoms with E-state index in [0.29, 0.717) is 30.0 Å². The summed E-state index contributed by atoms with van der Waals surface area (Å²) in [6.07, 6.45) is -2.05. The number of fused-ring (bicyclic) bond motifs is 1. The Hall–Kier alpha value is -3.60. The van der Waals surface area contributed by atoms with Crippen LogP contribution in [0.2, 0.25) is 0 Å². The van der Waals surface area contributed by atoms with Crippen LogP contribution in [0.3, 0.4) is 0 Å². The molecule has 2 aromatic rings. The Morgan fingerprint density at radius 3 is 2.22 bits per heavy atom. The molecule has 1 aliphatic heterocycles. The molecule has 0 radical (unpaired) electrons. The van der Waals surface area contributed by atoms with Gasteiger partial charge < -0.3 is 25.2 Å². The van der Waals surface area contributed by atoms with Crippen molar-refractivity contribution in [1.29, 1.82) is 0 Å². The molecule has 0 saturated heterocycles. The number of amides is 1. The number of aliphatic carboxylic acids is 1. The highest BCUT2D eigenvalue weighted by atomic mass is 19.4. The molecule has 202 valence electrons. The van der Waals surface area contributed by atoms with Crippen molar-refractivity contribution in [3.63, 3.8) is 0 Å². The number of benzene rings is 2. The fourth-order valence-electron chi connectivity index (χ4n) is 3.69. The van der Waals surface area contributed by atoms with Gasteiger partial charge in [0.05, 0.1) is 14.2 Å². The first kappa shape index (κ1) is 29.6. The van der Waals surface area contributed by atoms with E-state index in [-0.39, 0.29) is 24.5 Å². The topological polar surface area (TPSA) is 114 Å². The molecule has 1 heterocycles. The van der Waals surface area contributed by atoms with Gasteiger partial charge in [-0.3, -0.25) is 9.59 Å². The Kier molecular flexibility index (Phi) is 11.4. The van der Waals surface area contributed by atoms with Gasteiger partial charge in [0, 0.05) is 24.9 Å². The lowest BCUT2D eigenvalue weighted by Gasteiger charge is -2.10. The zero-order chi connectivity index (χ0) is 27.4. The molecule has 3 rings (SSSR count). The van der Waals surface area contributed by atoms with Crippen molar-refractivity contribution in [2.45, 2.75) is 38.3 Å². The van der Waals surface area contributed by atoms with Gasteiger partial charge >= 0.3 is 12.1 Å². The average Bonchev–Trinajstić information content (AvgIpc) is 3.12. The smallest absolute Gasteiger partial charge is 0.490 e. The number of hydrogen-bond donors (Lipinski definition) is 3. The van der Waals surface area contributed by atoms with E-state index in [2.05, 4.69) is 16.7 Å². The molecule has 1 amide bonds. The number of nitrogens with one attached hydrogen (secondary N) is 2. The summed E-state index contributed by atoms with van der Waals surface area (Å²) in [5.41, 5.74) is 4.30. The lowest BCUT2D eigenvalue weighted by Crippen LogP contribution is -2.26. The summed E-state index contributed by atoms with van der Waals surface area (Å²) in [5.74, 6) is -1.50. The molecule has 0 bridgehead atoms. The molecule has 2 aromatic carbocycles. The standard InChI is InChI=1S/C24H30N2O4.C2HF3O2/c1-29-22-7-3-17(15-23(22)30-2)9-14-26-24(28)8-6-21(27)20-5-4-18-10-12-25-13-11-19(18)16-20;3-2(4,5)1(6)7/h3-5,7,15-16,25H,6,8-14H2,1-2H3,(H,26,28);(H,6,7). The van der Waals surface area contributed by atoms with Crippen LogP contribution in [0.1, 0.15) is 39.9 Å². The van der Waals surface area contributed by atoms with Crippen LogP contribution in [0.4, 0.5) is 13.2 Å². The van der Waals surface area contributed by atoms with Crippen molar-refractivity contribution in [1.82, 2.24) is 10.6 Å². The summed E-state index contributed by atoms with van der Waals surface area (Å²) in [4.78, 5) is 33.6. The van der Waals surface area contributed by atoms with Gasteiger partial charge in [-0.2, -0.15) is 13.2 Å². The van der Waals surface area contributed by atoms with Crippen LogP contribution >= 0.6 is 0 Å². The molecule has 0 atom stereocenters. The Morgan fingerprint density at radius 2 is 1.59 bits per heavy atom. The van der Waals surface area contributed by atoms with E-state index in [9.17, 15) is 22.8 Å². The number of carboxylic acid groups (broad SMARTS) is 1. The van der Waals surface area contributed by atoms with E-state index >= 15 is 0 Å². The zero-order valence-corrected chi connectivity index (χ0v) is 20.7. The molecule has 0 unspecified atom stereocenters. The highest BCUT2D eigenvalue weighted by molar-refractivity contribution is 5.98. The number of Topliss-reactive ketones (excluding diaryl/α,β-unsaturated/α-hetero) is 1. The predicted molar refractivity (Wildman–Crippen MR) is 130 cm³/mol. The first-order chi connectivity index (χ1) is 17.5. The summed E-state index contributed by atoms with van der Waals surface area (Å²) in [5, 5.41) is 13.4. The molecule has 37 heavy (non-hydrogen) atoms. The van der Waals surface area contributed by atoms with Crippen LogP contribution in [0, 0.1) is 0 Å². The largest absolute Gasteiger partial charge is 0.493 e. The molecule has 0 spiro atoms. The number of carbonyl (C=O) groups excluding carboxylic acids is 2. The fraction of sp³-hybridized carbons (Fsp3) is 0.423. The molecule has 0 fully saturated rings. The number of carboxylic acids is 1. The van der Waals surface area contributed by atoms with E-state index < -0.39 is 12.1 Å². The molecule has 8 nitrogen and oxygen atoms in total. The molecule has 0 saturated carbocycles. The third kappa shape index (κ3) is 9.76. The van der Waals surface area contributed by atoms with Gasteiger partial charge in [-0.1, -0.05) is 18.2 Å². The van der Waals surface area contributed by atoms with Crippen LogP contribution in [0.15, 0.2) is 36.4 Å². The minimum atomic E-state index is -5.08. The SMILES string of the molecule is COc1ccc(CCNC(=O)CCC(=O)c2ccc3c(c2)CCNCC3)cc1OC.O=C(O)C(F)(F)F. The second-order valence-corrected chi connectivity index (χ2v) is 8.25. The Morgan fingerprint density at radius 1 is 0.946 bits per heavy atom. The number of hydrogen-bond acceptors (Lipinski definition) is 6.